The molecule has 0 aliphatic carbocycles. The summed E-state index contributed by atoms with van der Waals surface area (Å²) in [4.78, 5) is 0. The molecule has 2 aromatic carbocycles. The Bertz CT molecular complexity index is 355. The lowest BCUT2D eigenvalue weighted by Gasteiger charge is -1.89. The fraction of sp³-hybridized carbons (Fsp3) is 0.294. The van der Waals surface area contributed by atoms with Crippen molar-refractivity contribution in [3.63, 3.8) is 0 Å². The van der Waals surface area contributed by atoms with Crippen molar-refractivity contribution < 1.29 is 5.11 Å². The molecule has 0 aliphatic heterocycles. The smallest absolute Gasteiger partial charge is 0.115 e. The van der Waals surface area contributed by atoms with E-state index in [0.29, 0.717) is 5.75 Å². The van der Waals surface area contributed by atoms with Crippen molar-refractivity contribution in [2.24, 2.45) is 0 Å². The van der Waals surface area contributed by atoms with E-state index in [4.69, 9.17) is 5.11 Å². The molecule has 1 heteroatoms. The number of hydrogen-bond acceptors (Lipinski definition) is 1. The second-order valence-corrected chi connectivity index (χ2v) is 3.49. The van der Waals surface area contributed by atoms with Crippen LogP contribution >= 0.6 is 0 Å². The van der Waals surface area contributed by atoms with Gasteiger partial charge in [0.05, 0.1) is 0 Å². The van der Waals surface area contributed by atoms with Gasteiger partial charge >= 0.3 is 0 Å². The lowest BCUT2D eigenvalue weighted by molar-refractivity contribution is 0.475. The average Bonchev–Trinajstić information content (AvgIpc) is 2.25. The third-order valence-electron chi connectivity index (χ3n) is 1.97. The standard InChI is InChI=1S/C7H8O.C7H8.3CH4/c1-6-2-4-7(8)5-3-6;1-7-5-3-2-4-6-7;;;/h2-5,8H,1H3;2-6H,1H3;3*1H4. The zero-order valence-electron chi connectivity index (χ0n) is 9.14. The largest absolute Gasteiger partial charge is 0.508 e. The summed E-state index contributed by atoms with van der Waals surface area (Å²) in [5, 5.41) is 8.76. The third kappa shape index (κ3) is 9.46. The van der Waals surface area contributed by atoms with Crippen LogP contribution in [0.4, 0.5) is 0 Å². The van der Waals surface area contributed by atoms with Crippen molar-refractivity contribution in [2.45, 2.75) is 36.1 Å². The van der Waals surface area contributed by atoms with Gasteiger partial charge in [0.1, 0.15) is 5.75 Å². The molecule has 0 radical (unpaired) electrons. The zero-order chi connectivity index (χ0) is 11.1. The quantitative estimate of drug-likeness (QED) is 0.643. The molecular formula is C17H28O. The van der Waals surface area contributed by atoms with Gasteiger partial charge in [-0.05, 0) is 26.0 Å². The highest BCUT2D eigenvalue weighted by Crippen LogP contribution is 2.07. The summed E-state index contributed by atoms with van der Waals surface area (Å²) in [6, 6.07) is 17.4. The summed E-state index contributed by atoms with van der Waals surface area (Å²) in [5.74, 6) is 0.329. The van der Waals surface area contributed by atoms with Crippen LogP contribution in [0.15, 0.2) is 54.6 Å². The van der Waals surface area contributed by atoms with E-state index in [1.807, 2.05) is 37.3 Å². The predicted molar refractivity (Wildman–Crippen MR) is 84.2 cm³/mol. The monoisotopic (exact) mass is 248 g/mol. The van der Waals surface area contributed by atoms with E-state index in [1.54, 1.807) is 12.1 Å². The number of aromatic hydroxyl groups is 1. The molecule has 0 atom stereocenters. The first-order valence-electron chi connectivity index (χ1n) is 4.96. The van der Waals surface area contributed by atoms with Crippen LogP contribution in [-0.4, -0.2) is 5.11 Å². The van der Waals surface area contributed by atoms with Gasteiger partial charge in [-0.1, -0.05) is 75.9 Å². The normalized spacial score (nSPS) is 7.44. The Morgan fingerprint density at radius 3 is 1.28 bits per heavy atom. The number of aryl methyl sites for hydroxylation is 2. The highest BCUT2D eigenvalue weighted by molar-refractivity contribution is 5.24. The maximum absolute atomic E-state index is 8.76. The van der Waals surface area contributed by atoms with Crippen molar-refractivity contribution in [3.05, 3.63) is 65.7 Å². The molecule has 18 heavy (non-hydrogen) atoms. The molecule has 0 spiro atoms. The van der Waals surface area contributed by atoms with Gasteiger partial charge in [-0.15, -0.1) is 0 Å². The van der Waals surface area contributed by atoms with Crippen LogP contribution in [0.5, 0.6) is 5.75 Å². The molecule has 1 N–H and O–H groups in total. The van der Waals surface area contributed by atoms with Gasteiger partial charge in [-0.2, -0.15) is 0 Å². The molecule has 0 saturated carbocycles. The molecule has 0 amide bonds. The van der Waals surface area contributed by atoms with Crippen molar-refractivity contribution in [1.29, 1.82) is 0 Å². The van der Waals surface area contributed by atoms with Crippen LogP contribution < -0.4 is 0 Å². The molecule has 0 heterocycles. The Morgan fingerprint density at radius 2 is 1.00 bits per heavy atom. The van der Waals surface area contributed by atoms with Crippen LogP contribution in [0, 0.1) is 13.8 Å². The highest BCUT2D eigenvalue weighted by atomic mass is 16.3. The van der Waals surface area contributed by atoms with Crippen molar-refractivity contribution in [1.82, 2.24) is 0 Å². The van der Waals surface area contributed by atoms with Gasteiger partial charge in [-0.25, -0.2) is 0 Å². The number of hydrogen-bond donors (Lipinski definition) is 1. The summed E-state index contributed by atoms with van der Waals surface area (Å²) in [7, 11) is 0. The maximum atomic E-state index is 8.76. The first-order valence-corrected chi connectivity index (χ1v) is 4.96. The van der Waals surface area contributed by atoms with E-state index in [-0.39, 0.29) is 22.3 Å². The van der Waals surface area contributed by atoms with Crippen molar-refractivity contribution >= 4 is 0 Å². The minimum Gasteiger partial charge on any atom is -0.508 e. The molecule has 0 bridgehead atoms. The van der Waals surface area contributed by atoms with Crippen LogP contribution in [0.25, 0.3) is 0 Å². The number of benzene rings is 2. The average molecular weight is 248 g/mol. The van der Waals surface area contributed by atoms with Gasteiger partial charge in [0.15, 0.2) is 0 Å². The molecule has 0 aromatic heterocycles. The van der Waals surface area contributed by atoms with Crippen molar-refractivity contribution in [3.8, 4) is 5.75 Å². The van der Waals surface area contributed by atoms with Crippen molar-refractivity contribution in [2.75, 3.05) is 0 Å². The molecule has 0 saturated heterocycles. The Balaban J connectivity index is -0.000000215. The molecule has 0 fully saturated rings. The second-order valence-electron chi connectivity index (χ2n) is 3.49. The predicted octanol–water partition coefficient (Wildman–Crippen LogP) is 5.60. The highest BCUT2D eigenvalue weighted by Gasteiger charge is 1.82. The van der Waals surface area contributed by atoms with Gasteiger partial charge in [0, 0.05) is 0 Å². The van der Waals surface area contributed by atoms with E-state index in [2.05, 4.69) is 19.1 Å². The first-order chi connectivity index (χ1) is 7.18. The fourth-order valence-electron chi connectivity index (χ4n) is 1.08. The molecule has 1 nitrogen and oxygen atoms in total. The molecular weight excluding hydrogens is 220 g/mol. The van der Waals surface area contributed by atoms with E-state index >= 15 is 0 Å². The molecule has 0 unspecified atom stereocenters. The van der Waals surface area contributed by atoms with Crippen LogP contribution in [-0.2, 0) is 0 Å². The minimum absolute atomic E-state index is 0. The number of phenols is 1. The minimum atomic E-state index is 0. The van der Waals surface area contributed by atoms with Gasteiger partial charge in [0.25, 0.3) is 0 Å². The van der Waals surface area contributed by atoms with E-state index in [1.165, 1.54) is 11.1 Å². The SMILES string of the molecule is C.C.C.Cc1ccc(O)cc1.Cc1ccccc1. The second kappa shape index (κ2) is 11.7. The summed E-state index contributed by atoms with van der Waals surface area (Å²) in [6.45, 7) is 4.07. The first kappa shape index (κ1) is 21.5. The topological polar surface area (TPSA) is 20.2 Å². The van der Waals surface area contributed by atoms with Gasteiger partial charge < -0.3 is 5.11 Å². The summed E-state index contributed by atoms with van der Waals surface area (Å²) >= 11 is 0. The zero-order valence-corrected chi connectivity index (χ0v) is 9.14. The number of rotatable bonds is 0. The van der Waals surface area contributed by atoms with E-state index < -0.39 is 0 Å². The van der Waals surface area contributed by atoms with Crippen LogP contribution in [0.3, 0.4) is 0 Å². The lowest BCUT2D eigenvalue weighted by Crippen LogP contribution is -1.66. The Kier molecular flexibility index (Phi) is 14.0. The molecule has 102 valence electrons. The Morgan fingerprint density at radius 1 is 0.611 bits per heavy atom. The van der Waals surface area contributed by atoms with Crippen LogP contribution in [0.1, 0.15) is 33.4 Å². The third-order valence-corrected chi connectivity index (χ3v) is 1.97. The molecule has 2 aromatic rings. The van der Waals surface area contributed by atoms with E-state index in [0.717, 1.165) is 0 Å². The molecule has 2 rings (SSSR count). The lowest BCUT2D eigenvalue weighted by atomic mass is 10.2. The Labute approximate surface area is 113 Å². The molecule has 0 aliphatic rings. The van der Waals surface area contributed by atoms with Crippen LogP contribution in [0.2, 0.25) is 0 Å². The maximum Gasteiger partial charge on any atom is 0.115 e. The van der Waals surface area contributed by atoms with Gasteiger partial charge in [-0.3, -0.25) is 0 Å². The van der Waals surface area contributed by atoms with E-state index in [9.17, 15) is 0 Å². The fourth-order valence-corrected chi connectivity index (χ4v) is 1.08. The van der Waals surface area contributed by atoms with Gasteiger partial charge in [0.2, 0.25) is 0 Å². The summed E-state index contributed by atoms with van der Waals surface area (Å²) in [5.41, 5.74) is 2.49. The summed E-state index contributed by atoms with van der Waals surface area (Å²) in [6.07, 6.45) is 0. The Hall–Kier alpha value is -1.76. The summed E-state index contributed by atoms with van der Waals surface area (Å²) < 4.78 is 0. The number of phenolic OH excluding ortho intramolecular Hbond substituents is 1.